The van der Waals surface area contributed by atoms with Gasteiger partial charge in [0.05, 0.1) is 6.57 Å². The van der Waals surface area contributed by atoms with Crippen molar-refractivity contribution in [3.05, 3.63) is 0 Å². The summed E-state index contributed by atoms with van der Waals surface area (Å²) in [4.78, 5) is 0. The van der Waals surface area contributed by atoms with E-state index in [-0.39, 0.29) is 13.3 Å². The van der Waals surface area contributed by atoms with Gasteiger partial charge in [-0.1, -0.05) is 13.6 Å². The Balaban J connectivity index is 2.54. The SMILES string of the molecule is CB(C)CF. The summed E-state index contributed by atoms with van der Waals surface area (Å²) in [6, 6.07) is 0. The summed E-state index contributed by atoms with van der Waals surface area (Å²) in [5.74, 6) is 0. The molecule has 0 nitrogen and oxygen atoms in total. The molecular formula is C3H8BF. The standard InChI is InChI=1S/C3H8BF/c1-4(2)3-5/h3H2,1-2H3. The van der Waals surface area contributed by atoms with E-state index in [4.69, 9.17) is 0 Å². The molecule has 0 amide bonds. The predicted molar refractivity (Wildman–Crippen MR) is 23.5 cm³/mol. The zero-order valence-electron chi connectivity index (χ0n) is 3.66. The molecule has 0 aromatic rings. The Kier molecular flexibility index (Phi) is 2.24. The van der Waals surface area contributed by atoms with E-state index in [9.17, 15) is 4.39 Å². The maximum atomic E-state index is 11.1. The fourth-order valence-corrected chi connectivity index (χ4v) is 0. The lowest BCUT2D eigenvalue weighted by Crippen LogP contribution is -2.00. The summed E-state index contributed by atoms with van der Waals surface area (Å²) in [7, 11) is 0. The molecule has 0 aliphatic heterocycles. The molecule has 2 heteroatoms. The first-order valence-electron chi connectivity index (χ1n) is 1.83. The van der Waals surface area contributed by atoms with Gasteiger partial charge in [-0.3, -0.25) is 4.39 Å². The van der Waals surface area contributed by atoms with Crippen LogP contribution in [0.1, 0.15) is 0 Å². The molecule has 0 aromatic heterocycles. The lowest BCUT2D eigenvalue weighted by atomic mass is 9.57. The van der Waals surface area contributed by atoms with Crippen molar-refractivity contribution in [2.75, 3.05) is 6.57 Å². The van der Waals surface area contributed by atoms with E-state index in [2.05, 4.69) is 0 Å². The molecule has 0 saturated carbocycles. The van der Waals surface area contributed by atoms with Crippen LogP contribution >= 0.6 is 0 Å². The summed E-state index contributed by atoms with van der Waals surface area (Å²) in [6.07, 6.45) is 0. The van der Waals surface area contributed by atoms with Gasteiger partial charge in [0.1, 0.15) is 0 Å². The molecule has 0 N–H and O–H groups in total. The average Bonchev–Trinajstić information content (AvgIpc) is 1.38. The second-order valence-electron chi connectivity index (χ2n) is 1.55. The molecule has 0 radical (unpaired) electrons. The zero-order chi connectivity index (χ0) is 4.28. The second kappa shape index (κ2) is 2.25. The second-order valence-corrected chi connectivity index (χ2v) is 1.55. The molecule has 30 valence electrons. The minimum absolute atomic E-state index is 0.194. The minimum Gasteiger partial charge on any atom is -0.260 e. The highest BCUT2D eigenvalue weighted by atomic mass is 19.1. The monoisotopic (exact) mass is 74.1 g/mol. The van der Waals surface area contributed by atoms with Gasteiger partial charge in [0.25, 0.3) is 0 Å². The van der Waals surface area contributed by atoms with Crippen molar-refractivity contribution in [2.24, 2.45) is 0 Å². The zero-order valence-corrected chi connectivity index (χ0v) is 3.66. The van der Waals surface area contributed by atoms with Crippen LogP contribution < -0.4 is 0 Å². The third kappa shape index (κ3) is 3.99. The average molecular weight is 73.9 g/mol. The van der Waals surface area contributed by atoms with E-state index in [1.54, 1.807) is 0 Å². The molecule has 0 bridgehead atoms. The van der Waals surface area contributed by atoms with Crippen LogP contribution in [0, 0.1) is 0 Å². The highest BCUT2D eigenvalue weighted by molar-refractivity contribution is 6.55. The van der Waals surface area contributed by atoms with Gasteiger partial charge in [-0.15, -0.1) is 0 Å². The van der Waals surface area contributed by atoms with Gasteiger partial charge in [0.2, 0.25) is 0 Å². The Hall–Kier alpha value is -0.00506. The number of hydrogen-bond acceptors (Lipinski definition) is 0. The summed E-state index contributed by atoms with van der Waals surface area (Å²) >= 11 is 0. The molecule has 0 aliphatic carbocycles. The highest BCUT2D eigenvalue weighted by Crippen LogP contribution is 1.75. The Morgan fingerprint density at radius 1 is 1.60 bits per heavy atom. The molecule has 5 heavy (non-hydrogen) atoms. The van der Waals surface area contributed by atoms with Gasteiger partial charge in [-0.25, -0.2) is 0 Å². The van der Waals surface area contributed by atoms with Crippen LogP contribution in [0.25, 0.3) is 0 Å². The summed E-state index contributed by atoms with van der Waals surface area (Å²) in [5, 5.41) is 0. The normalized spacial score (nSPS) is 7.80. The molecule has 0 saturated heterocycles. The Morgan fingerprint density at radius 2 is 1.80 bits per heavy atom. The first-order valence-corrected chi connectivity index (χ1v) is 1.83. The van der Waals surface area contributed by atoms with Crippen LogP contribution in [0.5, 0.6) is 0 Å². The summed E-state index contributed by atoms with van der Waals surface area (Å²) in [6.45, 7) is 3.72. The van der Waals surface area contributed by atoms with Gasteiger partial charge in [0.15, 0.2) is 6.71 Å². The largest absolute Gasteiger partial charge is 0.260 e. The van der Waals surface area contributed by atoms with Crippen molar-refractivity contribution in [3.63, 3.8) is 0 Å². The van der Waals surface area contributed by atoms with Crippen molar-refractivity contribution < 1.29 is 4.39 Å². The third-order valence-corrected chi connectivity index (χ3v) is 0.309. The van der Waals surface area contributed by atoms with Gasteiger partial charge in [-0.05, 0) is 0 Å². The first kappa shape index (κ1) is 4.99. The maximum absolute atomic E-state index is 11.1. The van der Waals surface area contributed by atoms with Gasteiger partial charge >= 0.3 is 0 Å². The molecule has 0 atom stereocenters. The fourth-order valence-electron chi connectivity index (χ4n) is 0. The van der Waals surface area contributed by atoms with Crippen LogP contribution in [-0.4, -0.2) is 13.3 Å². The van der Waals surface area contributed by atoms with E-state index in [0.717, 1.165) is 0 Å². The molecule has 0 rings (SSSR count). The number of rotatable bonds is 1. The third-order valence-electron chi connectivity index (χ3n) is 0.309. The minimum atomic E-state index is -0.194. The predicted octanol–water partition coefficient (Wildman–Crippen LogP) is 1.25. The van der Waals surface area contributed by atoms with Crippen molar-refractivity contribution in [3.8, 4) is 0 Å². The molecule has 0 aromatic carbocycles. The van der Waals surface area contributed by atoms with Crippen molar-refractivity contribution >= 4 is 6.71 Å². The molecule has 0 fully saturated rings. The van der Waals surface area contributed by atoms with Crippen LogP contribution in [0.3, 0.4) is 0 Å². The summed E-state index contributed by atoms with van der Waals surface area (Å²) < 4.78 is 11.1. The molecular weight excluding hydrogens is 65.8 g/mol. The molecule has 0 heterocycles. The Morgan fingerprint density at radius 3 is 1.80 bits per heavy atom. The van der Waals surface area contributed by atoms with Gasteiger partial charge < -0.3 is 0 Å². The maximum Gasteiger partial charge on any atom is 0.172 e. The smallest absolute Gasteiger partial charge is 0.172 e. The lowest BCUT2D eigenvalue weighted by Gasteiger charge is -1.81. The Bertz CT molecular complexity index is 20.9. The fraction of sp³-hybridized carbons (Fsp3) is 1.00. The van der Waals surface area contributed by atoms with E-state index >= 15 is 0 Å². The van der Waals surface area contributed by atoms with Crippen LogP contribution in [0.4, 0.5) is 4.39 Å². The van der Waals surface area contributed by atoms with Crippen LogP contribution in [-0.2, 0) is 0 Å². The van der Waals surface area contributed by atoms with Crippen molar-refractivity contribution in [2.45, 2.75) is 13.6 Å². The molecule has 0 aliphatic rings. The van der Waals surface area contributed by atoms with E-state index < -0.39 is 0 Å². The highest BCUT2D eigenvalue weighted by Gasteiger charge is 1.91. The molecule has 0 spiro atoms. The number of hydrogen-bond donors (Lipinski definition) is 0. The van der Waals surface area contributed by atoms with Crippen LogP contribution in [0.2, 0.25) is 13.6 Å². The lowest BCUT2D eigenvalue weighted by molar-refractivity contribution is 0.589. The van der Waals surface area contributed by atoms with E-state index in [1.165, 1.54) is 0 Å². The van der Waals surface area contributed by atoms with Gasteiger partial charge in [0, 0.05) is 0 Å². The Labute approximate surface area is 32.5 Å². The molecule has 0 unspecified atom stereocenters. The van der Waals surface area contributed by atoms with Crippen LogP contribution in [0.15, 0.2) is 0 Å². The first-order chi connectivity index (χ1) is 2.27. The number of alkyl halides is 1. The van der Waals surface area contributed by atoms with Gasteiger partial charge in [-0.2, -0.15) is 0 Å². The summed E-state index contributed by atoms with van der Waals surface area (Å²) in [5.41, 5.74) is 0. The number of halogens is 1. The quantitative estimate of drug-likeness (QED) is 0.410. The topological polar surface area (TPSA) is 0 Å². The van der Waals surface area contributed by atoms with E-state index in [0.29, 0.717) is 0 Å². The van der Waals surface area contributed by atoms with Crippen molar-refractivity contribution in [1.82, 2.24) is 0 Å². The van der Waals surface area contributed by atoms with Crippen molar-refractivity contribution in [1.29, 1.82) is 0 Å². The van der Waals surface area contributed by atoms with E-state index in [1.807, 2.05) is 13.6 Å².